The molecular formula is C27H37N3O8S. The Hall–Kier alpha value is -3.25. The maximum absolute atomic E-state index is 13.5. The monoisotopic (exact) mass is 563 g/mol. The van der Waals surface area contributed by atoms with E-state index in [-0.39, 0.29) is 18.1 Å². The van der Waals surface area contributed by atoms with Crippen molar-refractivity contribution in [2.45, 2.75) is 83.7 Å². The molecule has 0 aliphatic carbocycles. The molecule has 1 aromatic rings. The van der Waals surface area contributed by atoms with Crippen LogP contribution in [0.2, 0.25) is 0 Å². The molecule has 3 unspecified atom stereocenters. The molecule has 3 rings (SSSR count). The number of ether oxygens (including phenoxy) is 3. The number of aromatic hydroxyl groups is 1. The van der Waals surface area contributed by atoms with Gasteiger partial charge in [-0.3, -0.25) is 14.5 Å². The molecule has 1 saturated heterocycles. The minimum atomic E-state index is -1.24. The van der Waals surface area contributed by atoms with Crippen LogP contribution in [0.15, 0.2) is 29.5 Å². The predicted octanol–water partition coefficient (Wildman–Crippen LogP) is 3.12. The van der Waals surface area contributed by atoms with Crippen molar-refractivity contribution in [3.05, 3.63) is 40.6 Å². The van der Waals surface area contributed by atoms with E-state index < -0.39 is 52.5 Å². The van der Waals surface area contributed by atoms with Crippen molar-refractivity contribution in [3.8, 4) is 5.75 Å². The molecule has 3 N–H and O–H groups in total. The van der Waals surface area contributed by atoms with Crippen molar-refractivity contribution in [2.75, 3.05) is 12.9 Å². The van der Waals surface area contributed by atoms with Crippen molar-refractivity contribution < 1.29 is 38.5 Å². The van der Waals surface area contributed by atoms with Gasteiger partial charge in [0.25, 0.3) is 5.91 Å². The Labute approximate surface area is 232 Å². The quantitative estimate of drug-likeness (QED) is 0.337. The summed E-state index contributed by atoms with van der Waals surface area (Å²) in [5.74, 6) is -1.26. The molecule has 1 fully saturated rings. The minimum Gasteiger partial charge on any atom is -0.508 e. The van der Waals surface area contributed by atoms with Crippen LogP contribution in [0.5, 0.6) is 5.75 Å². The molecule has 0 aromatic heterocycles. The molecular weight excluding hydrogens is 526 g/mol. The average Bonchev–Trinajstić information content (AvgIpc) is 2.80. The van der Waals surface area contributed by atoms with E-state index in [9.17, 15) is 24.3 Å². The van der Waals surface area contributed by atoms with E-state index >= 15 is 0 Å². The maximum Gasteiger partial charge on any atom is 0.408 e. The molecule has 1 aromatic carbocycles. The zero-order valence-corrected chi connectivity index (χ0v) is 24.4. The first-order valence-electron chi connectivity index (χ1n) is 12.5. The molecule has 2 aliphatic heterocycles. The highest BCUT2D eigenvalue weighted by atomic mass is 32.2. The van der Waals surface area contributed by atoms with Gasteiger partial charge in [-0.2, -0.15) is 0 Å². The fourth-order valence-electron chi connectivity index (χ4n) is 4.11. The van der Waals surface area contributed by atoms with Gasteiger partial charge in [0.15, 0.2) is 0 Å². The topological polar surface area (TPSA) is 144 Å². The van der Waals surface area contributed by atoms with Gasteiger partial charge in [0.05, 0.1) is 6.61 Å². The lowest BCUT2D eigenvalue weighted by Crippen LogP contribution is -2.71. The summed E-state index contributed by atoms with van der Waals surface area (Å²) in [5.41, 5.74) is 0.118. The van der Waals surface area contributed by atoms with E-state index in [1.54, 1.807) is 48.5 Å². The Kier molecular flexibility index (Phi) is 8.91. The third-order valence-corrected chi connectivity index (χ3v) is 7.13. The van der Waals surface area contributed by atoms with Gasteiger partial charge in [-0.25, -0.2) is 9.59 Å². The van der Waals surface area contributed by atoms with E-state index in [2.05, 4.69) is 10.6 Å². The molecule has 39 heavy (non-hydrogen) atoms. The first kappa shape index (κ1) is 30.3. The summed E-state index contributed by atoms with van der Waals surface area (Å²) in [6.45, 7) is 12.2. The average molecular weight is 564 g/mol. The SMILES string of the molecule is COCc1cc(C(NC(=O)OC(C)(C)C)C(=O)NC2C(=O)N3C(C(=O)OC(C)(C)C)=C(C)CSC23)ccc1O. The number of thioether (sulfide) groups is 1. The van der Waals surface area contributed by atoms with Crippen molar-refractivity contribution in [2.24, 2.45) is 0 Å². The van der Waals surface area contributed by atoms with E-state index in [1.165, 1.54) is 42.0 Å². The zero-order valence-electron chi connectivity index (χ0n) is 23.5. The molecule has 0 radical (unpaired) electrons. The van der Waals surface area contributed by atoms with Gasteiger partial charge in [-0.1, -0.05) is 6.07 Å². The van der Waals surface area contributed by atoms with Gasteiger partial charge >= 0.3 is 12.1 Å². The number of fused-ring (bicyclic) bond motifs is 1. The molecule has 11 nitrogen and oxygen atoms in total. The molecule has 3 amide bonds. The molecule has 12 heteroatoms. The van der Waals surface area contributed by atoms with Crippen LogP contribution < -0.4 is 10.6 Å². The number of esters is 1. The number of benzene rings is 1. The molecule has 2 heterocycles. The van der Waals surface area contributed by atoms with E-state index in [0.717, 1.165) is 0 Å². The van der Waals surface area contributed by atoms with Gasteiger partial charge in [0.2, 0.25) is 5.91 Å². The highest BCUT2D eigenvalue weighted by Crippen LogP contribution is 2.41. The fourth-order valence-corrected chi connectivity index (χ4v) is 5.40. The van der Waals surface area contributed by atoms with Gasteiger partial charge in [0.1, 0.15) is 40.1 Å². The Balaban J connectivity index is 1.84. The van der Waals surface area contributed by atoms with Crippen LogP contribution in [0.4, 0.5) is 4.79 Å². The van der Waals surface area contributed by atoms with Gasteiger partial charge in [0, 0.05) is 18.4 Å². The van der Waals surface area contributed by atoms with Crippen LogP contribution in [0.1, 0.15) is 65.6 Å². The smallest absolute Gasteiger partial charge is 0.408 e. The summed E-state index contributed by atoms with van der Waals surface area (Å²) >= 11 is 1.42. The number of alkyl carbamates (subject to hydrolysis) is 1. The minimum absolute atomic E-state index is 0.0303. The number of phenols is 1. The first-order valence-corrected chi connectivity index (χ1v) is 13.6. The molecule has 0 bridgehead atoms. The molecule has 3 atom stereocenters. The summed E-state index contributed by atoms with van der Waals surface area (Å²) in [4.78, 5) is 53.6. The van der Waals surface area contributed by atoms with Crippen molar-refractivity contribution in [1.29, 1.82) is 0 Å². The summed E-state index contributed by atoms with van der Waals surface area (Å²) in [5, 5.41) is 14.9. The third-order valence-electron chi connectivity index (χ3n) is 5.71. The van der Waals surface area contributed by atoms with E-state index in [4.69, 9.17) is 14.2 Å². The Morgan fingerprint density at radius 1 is 1.13 bits per heavy atom. The first-order chi connectivity index (χ1) is 18.0. The molecule has 0 spiro atoms. The number of methoxy groups -OCH3 is 1. The number of carbonyl (C=O) groups excluding carboxylic acids is 4. The number of phenolic OH excluding ortho intramolecular Hbond substituents is 1. The van der Waals surface area contributed by atoms with E-state index in [0.29, 0.717) is 22.5 Å². The molecule has 214 valence electrons. The fraction of sp³-hybridized carbons (Fsp3) is 0.556. The van der Waals surface area contributed by atoms with E-state index in [1.807, 2.05) is 0 Å². The largest absolute Gasteiger partial charge is 0.508 e. The number of hydrogen-bond donors (Lipinski definition) is 3. The third kappa shape index (κ3) is 7.24. The zero-order chi connectivity index (χ0) is 29.3. The predicted molar refractivity (Wildman–Crippen MR) is 144 cm³/mol. The number of nitrogens with one attached hydrogen (secondary N) is 2. The number of carbonyl (C=O) groups is 4. The van der Waals surface area contributed by atoms with Crippen LogP contribution in [0.3, 0.4) is 0 Å². The summed E-state index contributed by atoms with van der Waals surface area (Å²) in [7, 11) is 1.47. The van der Waals surface area contributed by atoms with Crippen molar-refractivity contribution in [3.63, 3.8) is 0 Å². The second kappa shape index (κ2) is 11.5. The lowest BCUT2D eigenvalue weighted by molar-refractivity contribution is -0.159. The highest BCUT2D eigenvalue weighted by molar-refractivity contribution is 8.00. The summed E-state index contributed by atoms with van der Waals surface area (Å²) < 4.78 is 16.0. The van der Waals surface area contributed by atoms with Gasteiger partial charge in [-0.15, -0.1) is 11.8 Å². The van der Waals surface area contributed by atoms with Crippen LogP contribution >= 0.6 is 11.8 Å². The maximum atomic E-state index is 13.5. The number of nitrogens with zero attached hydrogens (tertiary/aromatic N) is 1. The second-order valence-electron chi connectivity index (χ2n) is 11.4. The Morgan fingerprint density at radius 2 is 1.77 bits per heavy atom. The summed E-state index contributed by atoms with van der Waals surface area (Å²) in [6.07, 6.45) is -0.830. The number of rotatable bonds is 7. The van der Waals surface area contributed by atoms with Crippen LogP contribution in [0, 0.1) is 0 Å². The van der Waals surface area contributed by atoms with Crippen molar-refractivity contribution >= 4 is 35.6 Å². The summed E-state index contributed by atoms with van der Waals surface area (Å²) in [6, 6.07) is 2.26. The number of hydrogen-bond acceptors (Lipinski definition) is 9. The van der Waals surface area contributed by atoms with Gasteiger partial charge < -0.3 is 30.0 Å². The van der Waals surface area contributed by atoms with Crippen LogP contribution in [-0.4, -0.2) is 69.4 Å². The lowest BCUT2D eigenvalue weighted by Gasteiger charge is -2.50. The van der Waals surface area contributed by atoms with Crippen LogP contribution in [0.25, 0.3) is 0 Å². The van der Waals surface area contributed by atoms with Crippen molar-refractivity contribution in [1.82, 2.24) is 15.5 Å². The Morgan fingerprint density at radius 3 is 2.36 bits per heavy atom. The second-order valence-corrected chi connectivity index (χ2v) is 12.5. The Bertz CT molecular complexity index is 1180. The normalized spacial score (nSPS) is 20.0. The van der Waals surface area contributed by atoms with Crippen LogP contribution in [-0.2, 0) is 35.2 Å². The molecule has 0 saturated carbocycles. The number of amides is 3. The standard InChI is InChI=1S/C27H37N3O8S/c1-14-13-39-23-19(22(33)30(23)20(14)24(34)37-26(2,3)4)28-21(32)18(29-25(35)38-27(5,6)7)15-9-10-17(31)16(11-15)12-36-8/h9-11,18-19,23,31H,12-13H2,1-8H3,(H,28,32)(H,29,35). The number of β-lactam (4-membered cyclic amide) rings is 1. The lowest BCUT2D eigenvalue weighted by atomic mass is 9.99. The molecule has 2 aliphatic rings. The van der Waals surface area contributed by atoms with Gasteiger partial charge in [-0.05, 0) is 71.7 Å². The highest BCUT2D eigenvalue weighted by Gasteiger charge is 2.54.